The van der Waals surface area contributed by atoms with E-state index in [2.05, 4.69) is 11.8 Å². The highest BCUT2D eigenvalue weighted by Crippen LogP contribution is 2.39. The molecule has 0 aliphatic rings. The molecular weight excluding hydrogens is 364 g/mol. The minimum Gasteiger partial charge on any atom is -0.497 e. The number of ether oxygens (including phenoxy) is 3. The lowest BCUT2D eigenvalue weighted by molar-refractivity contribution is 0.355. The summed E-state index contributed by atoms with van der Waals surface area (Å²) in [6.45, 7) is 0. The fraction of sp³-hybridized carbons (Fsp3) is 0.120. The van der Waals surface area contributed by atoms with E-state index in [1.807, 2.05) is 60.7 Å². The molecule has 144 valence electrons. The van der Waals surface area contributed by atoms with Crippen molar-refractivity contribution in [2.75, 3.05) is 21.3 Å². The molecule has 4 nitrogen and oxygen atoms in total. The summed E-state index contributed by atoms with van der Waals surface area (Å²) in [5.41, 5.74) is 4.48. The Bertz CT molecular complexity index is 1220. The van der Waals surface area contributed by atoms with Crippen LogP contribution in [0.4, 0.5) is 0 Å². The molecule has 0 spiro atoms. The summed E-state index contributed by atoms with van der Waals surface area (Å²) in [5, 5.41) is 0.943. The molecule has 0 amide bonds. The van der Waals surface area contributed by atoms with Gasteiger partial charge in [-0.05, 0) is 30.3 Å². The van der Waals surface area contributed by atoms with Crippen LogP contribution in [0.25, 0.3) is 22.1 Å². The van der Waals surface area contributed by atoms with Crippen LogP contribution in [0.2, 0.25) is 0 Å². The van der Waals surface area contributed by atoms with Crippen LogP contribution < -0.4 is 14.2 Å². The summed E-state index contributed by atoms with van der Waals surface area (Å²) in [4.78, 5) is 0. The van der Waals surface area contributed by atoms with Gasteiger partial charge in [0.1, 0.15) is 11.3 Å². The lowest BCUT2D eigenvalue weighted by atomic mass is 9.99. The standard InChI is InChI=1S/C25H20O4/c1-26-19-9-6-7-17(13-19)11-12-18-8-4-5-10-20(18)22-16-29-23-15-25(28-3)24(27-2)14-21(22)23/h4-10,13-16H,1-3H3. The Morgan fingerprint density at radius 1 is 0.724 bits per heavy atom. The van der Waals surface area contributed by atoms with Crippen LogP contribution in [0, 0.1) is 11.8 Å². The highest BCUT2D eigenvalue weighted by molar-refractivity contribution is 5.97. The van der Waals surface area contributed by atoms with Crippen LogP contribution >= 0.6 is 0 Å². The van der Waals surface area contributed by atoms with Gasteiger partial charge in [-0.15, -0.1) is 0 Å². The van der Waals surface area contributed by atoms with Gasteiger partial charge in [0.15, 0.2) is 11.5 Å². The number of hydrogen-bond acceptors (Lipinski definition) is 4. The van der Waals surface area contributed by atoms with E-state index < -0.39 is 0 Å². The number of furan rings is 1. The first-order chi connectivity index (χ1) is 14.2. The Morgan fingerprint density at radius 3 is 2.31 bits per heavy atom. The first kappa shape index (κ1) is 18.5. The third-order valence-electron chi connectivity index (χ3n) is 4.71. The SMILES string of the molecule is COc1cccc(C#Cc2ccccc2-c2coc3cc(OC)c(OC)cc23)c1. The van der Waals surface area contributed by atoms with Gasteiger partial charge in [-0.2, -0.15) is 0 Å². The average molecular weight is 384 g/mol. The van der Waals surface area contributed by atoms with Crippen LogP contribution in [0.1, 0.15) is 11.1 Å². The number of rotatable bonds is 4. The second-order valence-corrected chi connectivity index (χ2v) is 6.38. The van der Waals surface area contributed by atoms with Crippen LogP contribution in [-0.4, -0.2) is 21.3 Å². The van der Waals surface area contributed by atoms with Crippen molar-refractivity contribution < 1.29 is 18.6 Å². The Labute approximate surface area is 169 Å². The van der Waals surface area contributed by atoms with Crippen LogP contribution in [0.15, 0.2) is 71.3 Å². The van der Waals surface area contributed by atoms with Gasteiger partial charge in [0.25, 0.3) is 0 Å². The molecule has 0 fully saturated rings. The van der Waals surface area contributed by atoms with Crippen molar-refractivity contribution in [3.8, 4) is 40.2 Å². The predicted molar refractivity (Wildman–Crippen MR) is 114 cm³/mol. The van der Waals surface area contributed by atoms with Crippen LogP contribution in [0.3, 0.4) is 0 Å². The molecule has 0 saturated heterocycles. The minimum atomic E-state index is 0.631. The van der Waals surface area contributed by atoms with E-state index in [4.69, 9.17) is 18.6 Å². The molecule has 1 heterocycles. The van der Waals surface area contributed by atoms with Gasteiger partial charge in [0, 0.05) is 33.7 Å². The molecular formula is C25H20O4. The molecule has 1 aromatic heterocycles. The maximum atomic E-state index is 5.79. The van der Waals surface area contributed by atoms with Gasteiger partial charge >= 0.3 is 0 Å². The lowest BCUT2D eigenvalue weighted by Crippen LogP contribution is -1.90. The summed E-state index contributed by atoms with van der Waals surface area (Å²) in [6, 6.07) is 19.5. The van der Waals surface area contributed by atoms with Crippen molar-refractivity contribution in [2.45, 2.75) is 0 Å². The van der Waals surface area contributed by atoms with Gasteiger partial charge in [-0.3, -0.25) is 0 Å². The van der Waals surface area contributed by atoms with Gasteiger partial charge < -0.3 is 18.6 Å². The van der Waals surface area contributed by atoms with Crippen molar-refractivity contribution >= 4 is 11.0 Å². The molecule has 0 bridgehead atoms. The highest BCUT2D eigenvalue weighted by Gasteiger charge is 2.15. The molecule has 0 aliphatic carbocycles. The fourth-order valence-corrected chi connectivity index (χ4v) is 3.23. The third kappa shape index (κ3) is 3.63. The second-order valence-electron chi connectivity index (χ2n) is 6.38. The Hall–Kier alpha value is -3.84. The zero-order valence-electron chi connectivity index (χ0n) is 16.5. The molecule has 0 atom stereocenters. The maximum Gasteiger partial charge on any atom is 0.164 e. The van der Waals surface area contributed by atoms with E-state index >= 15 is 0 Å². The van der Waals surface area contributed by atoms with Gasteiger partial charge in [-0.1, -0.05) is 36.1 Å². The minimum absolute atomic E-state index is 0.631. The molecule has 0 saturated carbocycles. The Balaban J connectivity index is 1.81. The molecule has 0 N–H and O–H groups in total. The van der Waals surface area contributed by atoms with Crippen molar-refractivity contribution in [1.29, 1.82) is 0 Å². The van der Waals surface area contributed by atoms with Gasteiger partial charge in [0.05, 0.1) is 27.6 Å². The normalized spacial score (nSPS) is 10.3. The van der Waals surface area contributed by atoms with Crippen molar-refractivity contribution in [3.05, 3.63) is 78.1 Å². The smallest absolute Gasteiger partial charge is 0.164 e. The Kier molecular flexibility index (Phi) is 5.13. The van der Waals surface area contributed by atoms with E-state index in [1.54, 1.807) is 27.6 Å². The zero-order valence-corrected chi connectivity index (χ0v) is 16.5. The largest absolute Gasteiger partial charge is 0.497 e. The van der Waals surface area contributed by atoms with E-state index in [-0.39, 0.29) is 0 Å². The summed E-state index contributed by atoms with van der Waals surface area (Å²) in [5.74, 6) is 8.57. The summed E-state index contributed by atoms with van der Waals surface area (Å²) in [6.07, 6.45) is 1.75. The van der Waals surface area contributed by atoms with E-state index in [0.717, 1.165) is 39.0 Å². The molecule has 0 radical (unpaired) electrons. The molecule has 29 heavy (non-hydrogen) atoms. The topological polar surface area (TPSA) is 40.8 Å². The molecule has 4 rings (SSSR count). The van der Waals surface area contributed by atoms with E-state index in [0.29, 0.717) is 11.5 Å². The number of benzene rings is 3. The quantitative estimate of drug-likeness (QED) is 0.434. The number of methoxy groups -OCH3 is 3. The molecule has 4 heteroatoms. The first-order valence-corrected chi connectivity index (χ1v) is 9.12. The predicted octanol–water partition coefficient (Wildman–Crippen LogP) is 5.53. The number of hydrogen-bond donors (Lipinski definition) is 0. The van der Waals surface area contributed by atoms with E-state index in [9.17, 15) is 0 Å². The van der Waals surface area contributed by atoms with Crippen molar-refractivity contribution in [1.82, 2.24) is 0 Å². The lowest BCUT2D eigenvalue weighted by Gasteiger charge is -2.08. The van der Waals surface area contributed by atoms with E-state index in [1.165, 1.54) is 0 Å². The second kappa shape index (κ2) is 8.04. The Morgan fingerprint density at radius 2 is 1.52 bits per heavy atom. The van der Waals surface area contributed by atoms with Gasteiger partial charge in [-0.25, -0.2) is 0 Å². The van der Waals surface area contributed by atoms with Crippen LogP contribution in [0.5, 0.6) is 17.2 Å². The fourth-order valence-electron chi connectivity index (χ4n) is 3.23. The monoisotopic (exact) mass is 384 g/mol. The summed E-state index contributed by atoms with van der Waals surface area (Å²) < 4.78 is 21.9. The highest BCUT2D eigenvalue weighted by atomic mass is 16.5. The molecule has 4 aromatic rings. The third-order valence-corrected chi connectivity index (χ3v) is 4.71. The molecule has 3 aromatic carbocycles. The molecule has 0 aliphatic heterocycles. The molecule has 0 unspecified atom stereocenters. The van der Waals surface area contributed by atoms with Crippen molar-refractivity contribution in [3.63, 3.8) is 0 Å². The summed E-state index contributed by atoms with van der Waals surface area (Å²) >= 11 is 0. The van der Waals surface area contributed by atoms with Gasteiger partial charge in [0.2, 0.25) is 0 Å². The maximum absolute atomic E-state index is 5.79. The van der Waals surface area contributed by atoms with Crippen LogP contribution in [-0.2, 0) is 0 Å². The van der Waals surface area contributed by atoms with Crippen molar-refractivity contribution in [2.24, 2.45) is 0 Å². The zero-order chi connectivity index (χ0) is 20.2. The number of fused-ring (bicyclic) bond motifs is 1. The first-order valence-electron chi connectivity index (χ1n) is 9.12. The average Bonchev–Trinajstić information content (AvgIpc) is 3.19. The summed E-state index contributed by atoms with van der Waals surface area (Å²) in [7, 11) is 4.88.